The summed E-state index contributed by atoms with van der Waals surface area (Å²) in [5.41, 5.74) is 1.50. The second kappa shape index (κ2) is 5.57. The Kier molecular flexibility index (Phi) is 4.66. The van der Waals surface area contributed by atoms with Crippen LogP contribution in [0.4, 0.5) is 0 Å². The highest BCUT2D eigenvalue weighted by Gasteiger charge is 2.28. The van der Waals surface area contributed by atoms with Crippen molar-refractivity contribution in [1.82, 2.24) is 5.32 Å². The van der Waals surface area contributed by atoms with Crippen molar-refractivity contribution in [2.24, 2.45) is 5.92 Å². The molecule has 0 aliphatic heterocycles. The normalized spacial score (nSPS) is 29.2. The third-order valence-electron chi connectivity index (χ3n) is 2.20. The number of hydrogen-bond donors (Lipinski definition) is 1. The summed E-state index contributed by atoms with van der Waals surface area (Å²) in [6.45, 7) is 1.77. The standard InChI is InChI=1S/C9H16ClNO/c1-11-7-8-5-9(6-8)12-4-2-3-10/h2-3,8-9,11H,4-7H2,1H3. The SMILES string of the molecule is CNCC1CC(OCC=CCl)C1. The molecule has 0 amide bonds. The van der Waals surface area contributed by atoms with Crippen LogP contribution in [-0.2, 0) is 4.74 Å². The molecular weight excluding hydrogens is 174 g/mol. The van der Waals surface area contributed by atoms with Crippen LogP contribution in [0.5, 0.6) is 0 Å². The van der Waals surface area contributed by atoms with Crippen LogP contribution in [0.3, 0.4) is 0 Å². The van der Waals surface area contributed by atoms with E-state index in [1.54, 1.807) is 0 Å². The first-order valence-electron chi connectivity index (χ1n) is 4.38. The molecular formula is C9H16ClNO. The van der Waals surface area contributed by atoms with E-state index >= 15 is 0 Å². The zero-order valence-electron chi connectivity index (χ0n) is 7.42. The fourth-order valence-electron chi connectivity index (χ4n) is 1.49. The lowest BCUT2D eigenvalue weighted by Crippen LogP contribution is -2.36. The quantitative estimate of drug-likeness (QED) is 0.712. The van der Waals surface area contributed by atoms with Crippen LogP contribution in [0, 0.1) is 5.92 Å². The lowest BCUT2D eigenvalue weighted by atomic mass is 9.82. The van der Waals surface area contributed by atoms with E-state index in [1.807, 2.05) is 13.1 Å². The number of hydrogen-bond acceptors (Lipinski definition) is 2. The molecule has 0 saturated heterocycles. The minimum atomic E-state index is 0.469. The maximum atomic E-state index is 5.50. The molecule has 0 aromatic carbocycles. The molecule has 0 heterocycles. The third kappa shape index (κ3) is 3.13. The van der Waals surface area contributed by atoms with Crippen molar-refractivity contribution in [3.63, 3.8) is 0 Å². The second-order valence-corrected chi connectivity index (χ2v) is 3.46. The van der Waals surface area contributed by atoms with Gasteiger partial charge in [0, 0.05) is 5.54 Å². The molecule has 1 aliphatic carbocycles. The fourth-order valence-corrected chi connectivity index (χ4v) is 1.57. The summed E-state index contributed by atoms with van der Waals surface area (Å²) in [6, 6.07) is 0. The largest absolute Gasteiger partial charge is 0.374 e. The predicted octanol–water partition coefficient (Wildman–Crippen LogP) is 1.75. The topological polar surface area (TPSA) is 21.3 Å². The summed E-state index contributed by atoms with van der Waals surface area (Å²) in [7, 11) is 1.99. The van der Waals surface area contributed by atoms with Crippen molar-refractivity contribution in [2.45, 2.75) is 18.9 Å². The first-order valence-corrected chi connectivity index (χ1v) is 4.82. The molecule has 1 saturated carbocycles. The van der Waals surface area contributed by atoms with Gasteiger partial charge in [0.15, 0.2) is 0 Å². The summed E-state index contributed by atoms with van der Waals surface area (Å²) in [5.74, 6) is 0.819. The molecule has 0 aromatic rings. The highest BCUT2D eigenvalue weighted by Crippen LogP contribution is 2.29. The Morgan fingerprint density at radius 1 is 1.58 bits per heavy atom. The number of rotatable bonds is 5. The molecule has 2 nitrogen and oxygen atoms in total. The molecule has 0 bridgehead atoms. The van der Waals surface area contributed by atoms with Gasteiger partial charge in [0.25, 0.3) is 0 Å². The van der Waals surface area contributed by atoms with E-state index < -0.39 is 0 Å². The van der Waals surface area contributed by atoms with Crippen molar-refractivity contribution < 1.29 is 4.74 Å². The smallest absolute Gasteiger partial charge is 0.0662 e. The van der Waals surface area contributed by atoms with Crippen molar-refractivity contribution in [3.05, 3.63) is 11.6 Å². The molecule has 0 unspecified atom stereocenters. The van der Waals surface area contributed by atoms with Crippen LogP contribution in [0.1, 0.15) is 12.8 Å². The van der Waals surface area contributed by atoms with Crippen molar-refractivity contribution >= 4 is 11.6 Å². The van der Waals surface area contributed by atoms with E-state index in [2.05, 4.69) is 5.32 Å². The average Bonchev–Trinajstić information content (AvgIpc) is 2.00. The Hall–Kier alpha value is -0.0500. The molecule has 3 heteroatoms. The fraction of sp³-hybridized carbons (Fsp3) is 0.778. The average molecular weight is 190 g/mol. The molecule has 1 aliphatic rings. The zero-order valence-corrected chi connectivity index (χ0v) is 8.18. The van der Waals surface area contributed by atoms with Crippen LogP contribution in [-0.4, -0.2) is 26.3 Å². The van der Waals surface area contributed by atoms with Gasteiger partial charge >= 0.3 is 0 Å². The maximum absolute atomic E-state index is 5.50. The Morgan fingerprint density at radius 2 is 2.33 bits per heavy atom. The van der Waals surface area contributed by atoms with Gasteiger partial charge in [0.2, 0.25) is 0 Å². The van der Waals surface area contributed by atoms with E-state index in [1.165, 1.54) is 18.4 Å². The molecule has 1 fully saturated rings. The van der Waals surface area contributed by atoms with Gasteiger partial charge in [0.1, 0.15) is 0 Å². The van der Waals surface area contributed by atoms with E-state index in [9.17, 15) is 0 Å². The van der Waals surface area contributed by atoms with Gasteiger partial charge in [-0.05, 0) is 38.4 Å². The van der Waals surface area contributed by atoms with Gasteiger partial charge in [-0.2, -0.15) is 0 Å². The van der Waals surface area contributed by atoms with Gasteiger partial charge in [-0.25, -0.2) is 0 Å². The second-order valence-electron chi connectivity index (χ2n) is 3.21. The monoisotopic (exact) mass is 189 g/mol. The number of nitrogens with one attached hydrogen (secondary N) is 1. The van der Waals surface area contributed by atoms with Crippen LogP contribution in [0.25, 0.3) is 0 Å². The Morgan fingerprint density at radius 3 is 2.92 bits per heavy atom. The Labute approximate surface area is 78.9 Å². The highest BCUT2D eigenvalue weighted by atomic mass is 35.5. The van der Waals surface area contributed by atoms with Crippen molar-refractivity contribution in [1.29, 1.82) is 0 Å². The summed E-state index contributed by atoms with van der Waals surface area (Å²) >= 11 is 5.35. The van der Waals surface area contributed by atoms with E-state index in [4.69, 9.17) is 16.3 Å². The number of halogens is 1. The van der Waals surface area contributed by atoms with Gasteiger partial charge in [-0.15, -0.1) is 0 Å². The van der Waals surface area contributed by atoms with E-state index in [0.717, 1.165) is 12.5 Å². The molecule has 1 rings (SSSR count). The lowest BCUT2D eigenvalue weighted by Gasteiger charge is -2.34. The minimum absolute atomic E-state index is 0.469. The van der Waals surface area contributed by atoms with Crippen molar-refractivity contribution in [3.8, 4) is 0 Å². The summed E-state index contributed by atoms with van der Waals surface area (Å²) in [6.07, 6.45) is 4.68. The first kappa shape index (κ1) is 10.0. The lowest BCUT2D eigenvalue weighted by molar-refractivity contribution is -0.0160. The van der Waals surface area contributed by atoms with Crippen LogP contribution in [0.15, 0.2) is 11.6 Å². The van der Waals surface area contributed by atoms with Crippen LogP contribution >= 0.6 is 11.6 Å². The van der Waals surface area contributed by atoms with E-state index in [-0.39, 0.29) is 0 Å². The molecule has 0 spiro atoms. The molecule has 70 valence electrons. The first-order chi connectivity index (χ1) is 5.86. The van der Waals surface area contributed by atoms with Crippen molar-refractivity contribution in [2.75, 3.05) is 20.2 Å². The van der Waals surface area contributed by atoms with Gasteiger partial charge in [-0.3, -0.25) is 0 Å². The predicted molar refractivity (Wildman–Crippen MR) is 51.4 cm³/mol. The molecule has 0 atom stereocenters. The Balaban J connectivity index is 1.94. The van der Waals surface area contributed by atoms with Gasteiger partial charge in [0.05, 0.1) is 12.7 Å². The zero-order chi connectivity index (χ0) is 8.81. The Bertz CT molecular complexity index is 143. The molecule has 1 N–H and O–H groups in total. The summed E-state index contributed by atoms with van der Waals surface area (Å²) in [5, 5.41) is 3.17. The van der Waals surface area contributed by atoms with Gasteiger partial charge in [-0.1, -0.05) is 11.6 Å². The minimum Gasteiger partial charge on any atom is -0.374 e. The molecule has 0 aromatic heterocycles. The maximum Gasteiger partial charge on any atom is 0.0662 e. The summed E-state index contributed by atoms with van der Waals surface area (Å²) in [4.78, 5) is 0. The van der Waals surface area contributed by atoms with E-state index in [0.29, 0.717) is 12.7 Å². The molecule has 0 radical (unpaired) electrons. The number of ether oxygens (including phenoxy) is 1. The van der Waals surface area contributed by atoms with Crippen LogP contribution < -0.4 is 5.32 Å². The van der Waals surface area contributed by atoms with Crippen LogP contribution in [0.2, 0.25) is 0 Å². The summed E-state index contributed by atoms with van der Waals surface area (Å²) < 4.78 is 5.50. The van der Waals surface area contributed by atoms with Gasteiger partial charge < -0.3 is 10.1 Å². The molecule has 12 heavy (non-hydrogen) atoms. The third-order valence-corrected chi connectivity index (χ3v) is 2.38. The highest BCUT2D eigenvalue weighted by molar-refractivity contribution is 6.25.